The highest BCUT2D eigenvalue weighted by Gasteiger charge is 2.27. The van der Waals surface area contributed by atoms with E-state index in [1.807, 2.05) is 38.1 Å². The zero-order chi connectivity index (χ0) is 22.9. The van der Waals surface area contributed by atoms with Gasteiger partial charge in [-0.05, 0) is 68.5 Å². The summed E-state index contributed by atoms with van der Waals surface area (Å²) >= 11 is 0. The molecule has 3 aromatic rings. The van der Waals surface area contributed by atoms with Crippen LogP contribution in [0.15, 0.2) is 47.4 Å². The van der Waals surface area contributed by atoms with Gasteiger partial charge in [-0.3, -0.25) is 9.78 Å². The lowest BCUT2D eigenvalue weighted by molar-refractivity contribution is -0.115. The number of sulfonamides is 1. The number of aryl methyl sites for hydroxylation is 3. The number of nitrogens with zero attached hydrogens (tertiary/aromatic N) is 2. The summed E-state index contributed by atoms with van der Waals surface area (Å²) in [7, 11) is -3.58. The summed E-state index contributed by atoms with van der Waals surface area (Å²) in [6.07, 6.45) is 3.00. The maximum atomic E-state index is 13.2. The number of nitrogens with one attached hydrogen (secondary N) is 1. The van der Waals surface area contributed by atoms with E-state index >= 15 is 0 Å². The molecule has 0 atom stereocenters. The van der Waals surface area contributed by atoms with Crippen LogP contribution in [-0.4, -0.2) is 36.7 Å². The second-order valence-corrected chi connectivity index (χ2v) is 10.4. The van der Waals surface area contributed by atoms with Gasteiger partial charge in [0.1, 0.15) is 0 Å². The van der Waals surface area contributed by atoms with E-state index in [-0.39, 0.29) is 17.2 Å². The molecule has 0 saturated carbocycles. The number of hydrogen-bond acceptors (Lipinski definition) is 4. The van der Waals surface area contributed by atoms with E-state index in [1.165, 1.54) is 0 Å². The Morgan fingerprint density at radius 1 is 1.03 bits per heavy atom. The molecule has 168 valence electrons. The van der Waals surface area contributed by atoms with Gasteiger partial charge in [-0.2, -0.15) is 4.31 Å². The molecular formula is C25H29N3O3S. The Kier molecular flexibility index (Phi) is 6.31. The van der Waals surface area contributed by atoms with E-state index in [4.69, 9.17) is 0 Å². The van der Waals surface area contributed by atoms with Crippen molar-refractivity contribution in [3.63, 3.8) is 0 Å². The van der Waals surface area contributed by atoms with Crippen LogP contribution < -0.4 is 5.32 Å². The van der Waals surface area contributed by atoms with Crippen LogP contribution in [-0.2, 0) is 21.2 Å². The number of anilines is 1. The van der Waals surface area contributed by atoms with Crippen LogP contribution in [0, 0.1) is 20.8 Å². The molecule has 0 bridgehead atoms. The van der Waals surface area contributed by atoms with E-state index in [0.717, 1.165) is 47.0 Å². The Bertz CT molecular complexity index is 1280. The zero-order valence-electron chi connectivity index (χ0n) is 18.8. The molecule has 1 fully saturated rings. The van der Waals surface area contributed by atoms with Gasteiger partial charge in [0, 0.05) is 29.9 Å². The minimum absolute atomic E-state index is 0.178. The molecule has 1 aromatic heterocycles. The number of pyridine rings is 1. The lowest BCUT2D eigenvalue weighted by Crippen LogP contribution is -2.36. The summed E-state index contributed by atoms with van der Waals surface area (Å²) in [6, 6.07) is 13.0. The largest absolute Gasteiger partial charge is 0.326 e. The van der Waals surface area contributed by atoms with Gasteiger partial charge in [0.2, 0.25) is 15.9 Å². The van der Waals surface area contributed by atoms with Gasteiger partial charge >= 0.3 is 0 Å². The molecule has 7 heteroatoms. The smallest absolute Gasteiger partial charge is 0.243 e. The molecule has 2 aromatic carbocycles. The van der Waals surface area contributed by atoms with Crippen LogP contribution in [0.4, 0.5) is 5.69 Å². The van der Waals surface area contributed by atoms with Crippen molar-refractivity contribution in [3.05, 3.63) is 64.8 Å². The first-order chi connectivity index (χ1) is 15.3. The Morgan fingerprint density at radius 2 is 1.75 bits per heavy atom. The first-order valence-corrected chi connectivity index (χ1v) is 12.5. The molecule has 1 aliphatic rings. The molecule has 1 amide bonds. The summed E-state index contributed by atoms with van der Waals surface area (Å²) in [5, 5.41) is 3.92. The second-order valence-electron chi connectivity index (χ2n) is 8.49. The molecule has 0 aliphatic carbocycles. The summed E-state index contributed by atoms with van der Waals surface area (Å²) < 4.78 is 27.9. The molecule has 1 saturated heterocycles. The van der Waals surface area contributed by atoms with Crippen molar-refractivity contribution in [2.45, 2.75) is 51.3 Å². The highest BCUT2D eigenvalue weighted by atomic mass is 32.2. The van der Waals surface area contributed by atoms with Gasteiger partial charge in [0.15, 0.2) is 0 Å². The normalized spacial score (nSPS) is 15.1. The number of amides is 1. The summed E-state index contributed by atoms with van der Waals surface area (Å²) in [4.78, 5) is 17.8. The summed E-state index contributed by atoms with van der Waals surface area (Å²) in [5.41, 5.74) is 4.85. The third-order valence-electron chi connectivity index (χ3n) is 6.23. The number of carbonyl (C=O) groups is 1. The van der Waals surface area contributed by atoms with Crippen molar-refractivity contribution >= 4 is 32.5 Å². The van der Waals surface area contributed by atoms with Crippen LogP contribution in [0.2, 0.25) is 0 Å². The minimum atomic E-state index is -3.58. The highest BCUT2D eigenvalue weighted by Crippen LogP contribution is 2.27. The fraction of sp³-hybridized carbons (Fsp3) is 0.360. The van der Waals surface area contributed by atoms with Crippen molar-refractivity contribution in [2.75, 3.05) is 18.4 Å². The lowest BCUT2D eigenvalue weighted by Gasteiger charge is -2.26. The van der Waals surface area contributed by atoms with Crippen molar-refractivity contribution in [3.8, 4) is 0 Å². The Labute approximate surface area is 189 Å². The second kappa shape index (κ2) is 9.00. The molecular weight excluding hydrogens is 422 g/mol. The maximum absolute atomic E-state index is 13.2. The molecule has 0 unspecified atom stereocenters. The average molecular weight is 452 g/mol. The molecule has 1 aliphatic heterocycles. The van der Waals surface area contributed by atoms with E-state index in [0.29, 0.717) is 24.3 Å². The fourth-order valence-corrected chi connectivity index (χ4v) is 6.16. The van der Waals surface area contributed by atoms with E-state index in [2.05, 4.69) is 10.3 Å². The first-order valence-electron chi connectivity index (χ1n) is 11.0. The molecule has 2 heterocycles. The number of hydrogen-bond donors (Lipinski definition) is 1. The summed E-state index contributed by atoms with van der Waals surface area (Å²) in [5.74, 6) is -0.196. The third-order valence-corrected chi connectivity index (χ3v) is 8.27. The standard InChI is InChI=1S/C25H29N3O3S/c1-17-11-12-20(15-24(17)32(30,31)28-13-7-4-8-14-28)27-25(29)16-22-18(2)21-9-5-6-10-23(21)26-19(22)3/h5-6,9-12,15H,4,7-8,13-14,16H2,1-3H3,(H,27,29). The van der Waals surface area contributed by atoms with E-state index < -0.39 is 10.0 Å². The van der Waals surface area contributed by atoms with E-state index in [1.54, 1.807) is 29.4 Å². The zero-order valence-corrected chi connectivity index (χ0v) is 19.6. The Hall–Kier alpha value is -2.77. The SMILES string of the molecule is Cc1ccc(NC(=O)Cc2c(C)nc3ccccc3c2C)cc1S(=O)(=O)N1CCCCC1. The van der Waals surface area contributed by atoms with Crippen LogP contribution in [0.5, 0.6) is 0 Å². The molecule has 0 spiro atoms. The van der Waals surface area contributed by atoms with Crippen LogP contribution in [0.1, 0.15) is 41.6 Å². The van der Waals surface area contributed by atoms with Crippen molar-refractivity contribution in [1.82, 2.24) is 9.29 Å². The molecule has 32 heavy (non-hydrogen) atoms. The third kappa shape index (κ3) is 4.40. The maximum Gasteiger partial charge on any atom is 0.243 e. The lowest BCUT2D eigenvalue weighted by atomic mass is 9.99. The molecule has 4 rings (SSSR count). The van der Waals surface area contributed by atoms with Crippen LogP contribution in [0.25, 0.3) is 10.9 Å². The van der Waals surface area contributed by atoms with Crippen LogP contribution in [0.3, 0.4) is 0 Å². The number of benzene rings is 2. The Morgan fingerprint density at radius 3 is 2.50 bits per heavy atom. The quantitative estimate of drug-likeness (QED) is 0.619. The predicted octanol–water partition coefficient (Wildman–Crippen LogP) is 4.52. The van der Waals surface area contributed by atoms with Gasteiger partial charge in [-0.25, -0.2) is 8.42 Å². The number of fused-ring (bicyclic) bond motifs is 1. The number of piperidine rings is 1. The number of aromatic nitrogens is 1. The first kappa shape index (κ1) is 22.4. The van der Waals surface area contributed by atoms with Gasteiger partial charge < -0.3 is 5.32 Å². The van der Waals surface area contributed by atoms with Crippen molar-refractivity contribution in [1.29, 1.82) is 0 Å². The fourth-order valence-electron chi connectivity index (χ4n) is 4.40. The van der Waals surface area contributed by atoms with Gasteiger partial charge in [0.05, 0.1) is 16.8 Å². The van der Waals surface area contributed by atoms with E-state index in [9.17, 15) is 13.2 Å². The van der Waals surface area contributed by atoms with Crippen molar-refractivity contribution < 1.29 is 13.2 Å². The number of rotatable bonds is 5. The Balaban J connectivity index is 1.57. The molecule has 1 N–H and O–H groups in total. The average Bonchev–Trinajstić information content (AvgIpc) is 2.78. The topological polar surface area (TPSA) is 79.4 Å². The number of para-hydroxylation sites is 1. The van der Waals surface area contributed by atoms with Crippen molar-refractivity contribution in [2.24, 2.45) is 0 Å². The van der Waals surface area contributed by atoms with Gasteiger partial charge in [0.25, 0.3) is 0 Å². The minimum Gasteiger partial charge on any atom is -0.326 e. The van der Waals surface area contributed by atoms with Gasteiger partial charge in [-0.15, -0.1) is 0 Å². The van der Waals surface area contributed by atoms with Gasteiger partial charge in [-0.1, -0.05) is 30.7 Å². The monoisotopic (exact) mass is 451 g/mol. The predicted molar refractivity (Wildman–Crippen MR) is 127 cm³/mol. The molecule has 0 radical (unpaired) electrons. The summed E-state index contributed by atoms with van der Waals surface area (Å²) in [6.45, 7) is 6.81. The number of carbonyl (C=O) groups excluding carboxylic acids is 1. The molecule has 6 nitrogen and oxygen atoms in total. The highest BCUT2D eigenvalue weighted by molar-refractivity contribution is 7.89. The van der Waals surface area contributed by atoms with Crippen LogP contribution >= 0.6 is 0 Å².